The first-order valence-corrected chi connectivity index (χ1v) is 8.18. The molecule has 2 aromatic rings. The topological polar surface area (TPSA) is 43.4 Å². The Hall–Kier alpha value is -2.07. The monoisotopic (exact) mass is 312 g/mol. The Morgan fingerprint density at radius 2 is 1.87 bits per heavy atom. The maximum atomic E-state index is 5.70. The van der Waals surface area contributed by atoms with E-state index in [2.05, 4.69) is 55.3 Å². The van der Waals surface area contributed by atoms with E-state index >= 15 is 0 Å². The molecular weight excluding hydrogens is 288 g/mol. The lowest BCUT2D eigenvalue weighted by atomic mass is 9.95. The number of fused-ring (bicyclic) bond motifs is 1. The summed E-state index contributed by atoms with van der Waals surface area (Å²) in [5.41, 5.74) is 3.45. The maximum absolute atomic E-state index is 5.70. The van der Waals surface area contributed by atoms with Crippen LogP contribution in [-0.2, 0) is 6.54 Å². The number of nitrogens with one attached hydrogen (secondary N) is 1. The van der Waals surface area contributed by atoms with Gasteiger partial charge in [-0.3, -0.25) is 4.98 Å². The lowest BCUT2D eigenvalue weighted by Crippen LogP contribution is -2.26. The molecule has 3 rings (SSSR count). The Balaban J connectivity index is 1.74. The number of nitrogens with zero attached hydrogens (tertiary/aromatic N) is 1. The van der Waals surface area contributed by atoms with Crippen LogP contribution in [0.4, 0.5) is 0 Å². The highest BCUT2D eigenvalue weighted by Gasteiger charge is 2.19. The van der Waals surface area contributed by atoms with Gasteiger partial charge in [-0.2, -0.15) is 0 Å². The van der Waals surface area contributed by atoms with Crippen molar-refractivity contribution in [1.29, 1.82) is 0 Å². The molecule has 1 aromatic carbocycles. The van der Waals surface area contributed by atoms with E-state index in [1.165, 1.54) is 11.1 Å². The largest absolute Gasteiger partial charge is 0.486 e. The van der Waals surface area contributed by atoms with Crippen LogP contribution in [-0.4, -0.2) is 18.2 Å². The third-order valence-corrected chi connectivity index (χ3v) is 4.07. The smallest absolute Gasteiger partial charge is 0.161 e. The fourth-order valence-electron chi connectivity index (χ4n) is 2.81. The minimum absolute atomic E-state index is 0.244. The predicted molar refractivity (Wildman–Crippen MR) is 90.8 cm³/mol. The van der Waals surface area contributed by atoms with Gasteiger partial charge in [0.05, 0.1) is 5.69 Å². The van der Waals surface area contributed by atoms with Crippen molar-refractivity contribution in [2.24, 2.45) is 5.92 Å². The molecule has 122 valence electrons. The van der Waals surface area contributed by atoms with Crippen LogP contribution in [0.3, 0.4) is 0 Å². The maximum Gasteiger partial charge on any atom is 0.161 e. The van der Waals surface area contributed by atoms with Crippen LogP contribution in [0.2, 0.25) is 0 Å². The first kappa shape index (κ1) is 15.8. The Labute approximate surface area is 137 Å². The molecule has 0 amide bonds. The first-order valence-electron chi connectivity index (χ1n) is 8.18. The van der Waals surface area contributed by atoms with Gasteiger partial charge in [-0.15, -0.1) is 0 Å². The molecule has 4 nitrogen and oxygen atoms in total. The van der Waals surface area contributed by atoms with Gasteiger partial charge >= 0.3 is 0 Å². The quantitative estimate of drug-likeness (QED) is 0.915. The molecule has 0 aliphatic carbocycles. The predicted octanol–water partition coefficient (Wildman–Crippen LogP) is 3.65. The summed E-state index contributed by atoms with van der Waals surface area (Å²) in [4.78, 5) is 4.47. The van der Waals surface area contributed by atoms with Gasteiger partial charge < -0.3 is 14.8 Å². The molecule has 0 unspecified atom stereocenters. The normalized spacial score (nSPS) is 14.8. The Bertz CT molecular complexity index is 653. The second kappa shape index (κ2) is 7.01. The number of rotatable bonds is 5. The molecule has 1 atom stereocenters. The molecule has 0 saturated heterocycles. The van der Waals surface area contributed by atoms with Gasteiger partial charge in [0, 0.05) is 18.8 Å². The summed E-state index contributed by atoms with van der Waals surface area (Å²) < 4.78 is 11.3. The van der Waals surface area contributed by atoms with Crippen LogP contribution in [0.1, 0.15) is 36.7 Å². The second-order valence-corrected chi connectivity index (χ2v) is 6.33. The highest BCUT2D eigenvalue weighted by Crippen LogP contribution is 2.34. The fourth-order valence-corrected chi connectivity index (χ4v) is 2.81. The highest BCUT2D eigenvalue weighted by atomic mass is 16.6. The third-order valence-electron chi connectivity index (χ3n) is 4.07. The average Bonchev–Trinajstić information content (AvgIpc) is 2.56. The minimum Gasteiger partial charge on any atom is -0.486 e. The molecule has 1 aliphatic heterocycles. The highest BCUT2D eigenvalue weighted by molar-refractivity contribution is 5.44. The zero-order valence-electron chi connectivity index (χ0n) is 14.0. The zero-order valence-corrected chi connectivity index (χ0v) is 14.0. The van der Waals surface area contributed by atoms with Gasteiger partial charge in [0.2, 0.25) is 0 Å². The Morgan fingerprint density at radius 1 is 1.09 bits per heavy atom. The van der Waals surface area contributed by atoms with Crippen molar-refractivity contribution in [2.75, 3.05) is 13.2 Å². The zero-order chi connectivity index (χ0) is 16.2. The summed E-state index contributed by atoms with van der Waals surface area (Å²) in [7, 11) is 0. The van der Waals surface area contributed by atoms with E-state index < -0.39 is 0 Å². The average molecular weight is 312 g/mol. The van der Waals surface area contributed by atoms with Crippen molar-refractivity contribution in [3.63, 3.8) is 0 Å². The van der Waals surface area contributed by atoms with Crippen LogP contribution in [0.5, 0.6) is 11.5 Å². The molecule has 0 saturated carbocycles. The summed E-state index contributed by atoms with van der Waals surface area (Å²) in [6.45, 7) is 8.47. The minimum atomic E-state index is 0.244. The molecule has 1 aromatic heterocycles. The van der Waals surface area contributed by atoms with E-state index in [0.717, 1.165) is 23.7 Å². The Morgan fingerprint density at radius 3 is 2.57 bits per heavy atom. The van der Waals surface area contributed by atoms with Gasteiger partial charge in [-0.05, 0) is 42.2 Å². The number of ether oxygens (including phenoxy) is 2. The van der Waals surface area contributed by atoms with Crippen molar-refractivity contribution in [3.8, 4) is 11.5 Å². The molecule has 1 aliphatic rings. The van der Waals surface area contributed by atoms with Gasteiger partial charge in [-0.25, -0.2) is 0 Å². The number of hydrogen-bond donors (Lipinski definition) is 1. The van der Waals surface area contributed by atoms with Crippen LogP contribution in [0.15, 0.2) is 36.5 Å². The number of aromatic nitrogens is 1. The molecular formula is C19H24N2O2. The second-order valence-electron chi connectivity index (χ2n) is 6.33. The first-order chi connectivity index (χ1) is 11.1. The molecule has 4 heteroatoms. The van der Waals surface area contributed by atoms with Crippen LogP contribution >= 0.6 is 0 Å². The van der Waals surface area contributed by atoms with Crippen LogP contribution in [0, 0.1) is 12.8 Å². The van der Waals surface area contributed by atoms with Gasteiger partial charge in [-0.1, -0.05) is 26.0 Å². The lowest BCUT2D eigenvalue weighted by molar-refractivity contribution is 0.171. The number of benzene rings is 1. The lowest BCUT2D eigenvalue weighted by Gasteiger charge is -2.25. The van der Waals surface area contributed by atoms with Gasteiger partial charge in [0.15, 0.2) is 11.5 Å². The summed E-state index contributed by atoms with van der Waals surface area (Å²) in [5, 5.41) is 3.62. The molecule has 0 bridgehead atoms. The summed E-state index contributed by atoms with van der Waals surface area (Å²) >= 11 is 0. The number of hydrogen-bond acceptors (Lipinski definition) is 4. The standard InChI is InChI=1S/C19H24N2O2/c1-13(2)19(21-12-16-6-4-14(3)11-20-16)15-5-7-17-18(10-15)23-9-8-22-17/h4-7,10-11,13,19,21H,8-9,12H2,1-3H3/t19-/m0/s1. The van der Waals surface area contributed by atoms with E-state index in [9.17, 15) is 0 Å². The van der Waals surface area contributed by atoms with Crippen LogP contribution < -0.4 is 14.8 Å². The van der Waals surface area contributed by atoms with Crippen LogP contribution in [0.25, 0.3) is 0 Å². The van der Waals surface area contributed by atoms with E-state index in [4.69, 9.17) is 9.47 Å². The molecule has 2 heterocycles. The fraction of sp³-hybridized carbons (Fsp3) is 0.421. The molecule has 0 fully saturated rings. The van der Waals surface area contributed by atoms with Crippen molar-refractivity contribution in [2.45, 2.75) is 33.4 Å². The van der Waals surface area contributed by atoms with E-state index in [1.54, 1.807) is 0 Å². The summed E-state index contributed by atoms with van der Waals surface area (Å²) in [5.74, 6) is 2.14. The van der Waals surface area contributed by atoms with Crippen molar-refractivity contribution in [1.82, 2.24) is 10.3 Å². The summed E-state index contributed by atoms with van der Waals surface area (Å²) in [6.07, 6.45) is 1.91. The van der Waals surface area contributed by atoms with E-state index in [1.807, 2.05) is 12.3 Å². The van der Waals surface area contributed by atoms with Crippen molar-refractivity contribution in [3.05, 3.63) is 53.3 Å². The number of aryl methyl sites for hydroxylation is 1. The number of pyridine rings is 1. The summed E-state index contributed by atoms with van der Waals surface area (Å²) in [6, 6.07) is 10.6. The van der Waals surface area contributed by atoms with Gasteiger partial charge in [0.1, 0.15) is 13.2 Å². The van der Waals surface area contributed by atoms with E-state index in [0.29, 0.717) is 19.1 Å². The third kappa shape index (κ3) is 3.82. The van der Waals surface area contributed by atoms with Gasteiger partial charge in [0.25, 0.3) is 0 Å². The Kier molecular flexibility index (Phi) is 4.82. The molecule has 0 spiro atoms. The molecule has 1 N–H and O–H groups in total. The van der Waals surface area contributed by atoms with Crippen molar-refractivity contribution < 1.29 is 9.47 Å². The molecule has 23 heavy (non-hydrogen) atoms. The van der Waals surface area contributed by atoms with Crippen molar-refractivity contribution >= 4 is 0 Å². The SMILES string of the molecule is Cc1ccc(CN[C@H](c2ccc3c(c2)OCCO3)C(C)C)nc1. The molecule has 0 radical (unpaired) electrons. The van der Waals surface area contributed by atoms with E-state index in [-0.39, 0.29) is 6.04 Å².